The van der Waals surface area contributed by atoms with E-state index in [2.05, 4.69) is 18.2 Å². The monoisotopic (exact) mass is 125 g/mol. The molecule has 0 aliphatic rings. The summed E-state index contributed by atoms with van der Waals surface area (Å²) in [7, 11) is 0. The van der Waals surface area contributed by atoms with Crippen molar-refractivity contribution in [2.45, 2.75) is 0 Å². The van der Waals surface area contributed by atoms with E-state index in [1.807, 2.05) is 30.3 Å². The Morgan fingerprint density at radius 1 is 0.900 bits per heavy atom. The van der Waals surface area contributed by atoms with Crippen molar-refractivity contribution in [2.24, 2.45) is 0 Å². The Hall–Kier alpha value is -1.30. The summed E-state index contributed by atoms with van der Waals surface area (Å²) >= 11 is 0. The summed E-state index contributed by atoms with van der Waals surface area (Å²) < 4.78 is 0. The largest absolute Gasteiger partial charge is 0.0610 e. The van der Waals surface area contributed by atoms with Gasteiger partial charge in [0.25, 0.3) is 0 Å². The summed E-state index contributed by atoms with van der Waals surface area (Å²) in [6, 6.07) is 18.8. The Morgan fingerprint density at radius 2 is 1.70 bits per heavy atom. The lowest BCUT2D eigenvalue weighted by Crippen LogP contribution is -1.69. The molecule has 3 radical (unpaired) electrons. The molecule has 0 amide bonds. The maximum absolute atomic E-state index is 3.09. The van der Waals surface area contributed by atoms with E-state index >= 15 is 0 Å². The van der Waals surface area contributed by atoms with E-state index in [0.29, 0.717) is 0 Å². The fourth-order valence-corrected chi connectivity index (χ4v) is 0.933. The van der Waals surface area contributed by atoms with E-state index in [4.69, 9.17) is 0 Å². The predicted molar refractivity (Wildman–Crippen MR) is 40.5 cm³/mol. The molecule has 0 bridgehead atoms. The zero-order valence-electron chi connectivity index (χ0n) is 5.39. The molecular formula is C10H5. The first-order valence-electron chi connectivity index (χ1n) is 3.15. The van der Waals surface area contributed by atoms with E-state index < -0.39 is 0 Å². The number of fused-ring (bicyclic) bond motifs is 1. The lowest BCUT2D eigenvalue weighted by Gasteiger charge is -1.90. The minimum Gasteiger partial charge on any atom is -0.0610 e. The summed E-state index contributed by atoms with van der Waals surface area (Å²) in [5, 5.41) is 2.08. The van der Waals surface area contributed by atoms with E-state index in [1.165, 1.54) is 0 Å². The van der Waals surface area contributed by atoms with Gasteiger partial charge >= 0.3 is 0 Å². The average molecular weight is 125 g/mol. The van der Waals surface area contributed by atoms with Crippen molar-refractivity contribution in [2.75, 3.05) is 0 Å². The van der Waals surface area contributed by atoms with Gasteiger partial charge in [-0.05, 0) is 29.0 Å². The van der Waals surface area contributed by atoms with Crippen LogP contribution in [0.25, 0.3) is 10.8 Å². The third-order valence-corrected chi connectivity index (χ3v) is 1.41. The third kappa shape index (κ3) is 0.781. The van der Waals surface area contributed by atoms with Gasteiger partial charge in [-0.2, -0.15) is 0 Å². The van der Waals surface area contributed by atoms with Crippen LogP contribution in [0.2, 0.25) is 0 Å². The molecule has 10 heavy (non-hydrogen) atoms. The number of hydrogen-bond donors (Lipinski definition) is 0. The number of benzene rings is 2. The summed E-state index contributed by atoms with van der Waals surface area (Å²) in [5.41, 5.74) is 0. The second-order valence-electron chi connectivity index (χ2n) is 2.08. The summed E-state index contributed by atoms with van der Waals surface area (Å²) in [5.74, 6) is 0. The summed E-state index contributed by atoms with van der Waals surface area (Å²) in [4.78, 5) is 0. The fourth-order valence-electron chi connectivity index (χ4n) is 0.933. The van der Waals surface area contributed by atoms with Crippen LogP contribution in [0.15, 0.2) is 30.3 Å². The molecule has 0 aliphatic carbocycles. The van der Waals surface area contributed by atoms with Crippen LogP contribution in [0.4, 0.5) is 0 Å². The molecule has 0 saturated heterocycles. The Balaban J connectivity index is 2.89. The average Bonchev–Trinajstić information content (AvgIpc) is 2.05. The zero-order valence-corrected chi connectivity index (χ0v) is 5.39. The molecule has 2 aromatic rings. The molecular weight excluding hydrogens is 120 g/mol. The third-order valence-electron chi connectivity index (χ3n) is 1.41. The molecule has 0 N–H and O–H groups in total. The highest BCUT2D eigenvalue weighted by Gasteiger charge is 1.86. The molecule has 0 heteroatoms. The van der Waals surface area contributed by atoms with Crippen molar-refractivity contribution in [3.63, 3.8) is 0 Å². The second kappa shape index (κ2) is 2.14. The normalized spacial score (nSPS) is 10.0. The van der Waals surface area contributed by atoms with Crippen LogP contribution < -0.4 is 0 Å². The van der Waals surface area contributed by atoms with Gasteiger partial charge in [-0.15, -0.1) is 0 Å². The van der Waals surface area contributed by atoms with Gasteiger partial charge in [0.05, 0.1) is 0 Å². The fraction of sp³-hybridized carbons (Fsp3) is 0. The summed E-state index contributed by atoms with van der Waals surface area (Å²) in [6.07, 6.45) is 0. The quantitative estimate of drug-likeness (QED) is 0.506. The van der Waals surface area contributed by atoms with Gasteiger partial charge in [0.2, 0.25) is 0 Å². The van der Waals surface area contributed by atoms with E-state index in [0.717, 1.165) is 10.8 Å². The van der Waals surface area contributed by atoms with Crippen LogP contribution in [-0.4, -0.2) is 0 Å². The van der Waals surface area contributed by atoms with Gasteiger partial charge in [-0.1, -0.05) is 30.3 Å². The van der Waals surface area contributed by atoms with Crippen LogP contribution in [0.5, 0.6) is 0 Å². The Bertz CT molecular complexity index is 271. The van der Waals surface area contributed by atoms with Crippen molar-refractivity contribution in [3.8, 4) is 0 Å². The molecule has 0 spiro atoms. The lowest BCUT2D eigenvalue weighted by molar-refractivity contribution is 1.72. The van der Waals surface area contributed by atoms with E-state index in [9.17, 15) is 0 Å². The highest BCUT2D eigenvalue weighted by atomic mass is 13.9. The molecule has 0 heterocycles. The minimum absolute atomic E-state index is 1.00. The Morgan fingerprint density at radius 3 is 2.60 bits per heavy atom. The predicted octanol–water partition coefficient (Wildman–Crippen LogP) is 2.24. The smallest absolute Gasteiger partial charge is 0.00201 e. The Labute approximate surface area is 60.1 Å². The van der Waals surface area contributed by atoms with Gasteiger partial charge < -0.3 is 0 Å². The minimum atomic E-state index is 1.00. The van der Waals surface area contributed by atoms with Crippen molar-refractivity contribution in [1.82, 2.24) is 0 Å². The first-order chi connectivity index (χ1) is 4.97. The molecule has 0 aliphatic heterocycles. The molecule has 0 nitrogen and oxygen atoms in total. The molecule has 0 unspecified atom stereocenters. The lowest BCUT2D eigenvalue weighted by atomic mass is 10.1. The van der Waals surface area contributed by atoms with Crippen LogP contribution in [-0.2, 0) is 0 Å². The van der Waals surface area contributed by atoms with Crippen LogP contribution in [0.1, 0.15) is 0 Å². The molecule has 0 aromatic heterocycles. The van der Waals surface area contributed by atoms with Crippen molar-refractivity contribution in [1.29, 1.82) is 0 Å². The topological polar surface area (TPSA) is 0 Å². The molecule has 2 aromatic carbocycles. The Kier molecular flexibility index (Phi) is 1.17. The van der Waals surface area contributed by atoms with Crippen molar-refractivity contribution >= 4 is 10.8 Å². The summed E-state index contributed by atoms with van der Waals surface area (Å²) in [6.45, 7) is 0. The van der Waals surface area contributed by atoms with Gasteiger partial charge in [0.15, 0.2) is 0 Å². The SMILES string of the molecule is [c]1cc[c]c2ccc[c]c12. The van der Waals surface area contributed by atoms with Gasteiger partial charge in [-0.25, -0.2) is 0 Å². The van der Waals surface area contributed by atoms with Crippen LogP contribution in [0, 0.1) is 18.2 Å². The van der Waals surface area contributed by atoms with Crippen LogP contribution >= 0.6 is 0 Å². The van der Waals surface area contributed by atoms with Gasteiger partial charge in [0.1, 0.15) is 0 Å². The highest BCUT2D eigenvalue weighted by Crippen LogP contribution is 2.09. The first-order valence-corrected chi connectivity index (χ1v) is 3.15. The maximum Gasteiger partial charge on any atom is -0.00201 e. The van der Waals surface area contributed by atoms with Crippen molar-refractivity contribution in [3.05, 3.63) is 48.5 Å². The van der Waals surface area contributed by atoms with E-state index in [1.54, 1.807) is 0 Å². The number of hydrogen-bond acceptors (Lipinski definition) is 0. The molecule has 0 atom stereocenters. The van der Waals surface area contributed by atoms with Gasteiger partial charge in [-0.3, -0.25) is 0 Å². The van der Waals surface area contributed by atoms with Gasteiger partial charge in [0, 0.05) is 0 Å². The molecule has 0 saturated carbocycles. The number of rotatable bonds is 0. The molecule has 0 fully saturated rings. The zero-order chi connectivity index (χ0) is 6.81. The first kappa shape index (κ1) is 5.48. The molecule has 45 valence electrons. The maximum atomic E-state index is 3.09. The van der Waals surface area contributed by atoms with Crippen molar-refractivity contribution < 1.29 is 0 Å². The second-order valence-corrected chi connectivity index (χ2v) is 2.08. The van der Waals surface area contributed by atoms with E-state index in [-0.39, 0.29) is 0 Å². The molecule has 2 rings (SSSR count). The highest BCUT2D eigenvalue weighted by molar-refractivity contribution is 5.80. The standard InChI is InChI=1S/C10H5/c1-2-6-10-8-4-3-7-9(10)5-1/h1-5H. The van der Waals surface area contributed by atoms with Crippen LogP contribution in [0.3, 0.4) is 0 Å².